The standard InChI is InChI=1S/C14H12FN5O2/c1-21-12-7-6-11(17-18-12)14-20-19-13(22-14)8-16-10-4-2-9(15)3-5-10/h2-7,16H,8H2,1H3. The van der Waals surface area contributed by atoms with E-state index >= 15 is 0 Å². The summed E-state index contributed by atoms with van der Waals surface area (Å²) in [4.78, 5) is 0. The lowest BCUT2D eigenvalue weighted by molar-refractivity contribution is 0.392. The molecule has 0 saturated heterocycles. The van der Waals surface area contributed by atoms with Gasteiger partial charge in [-0.2, -0.15) is 0 Å². The van der Waals surface area contributed by atoms with Crippen LogP contribution in [-0.4, -0.2) is 27.5 Å². The number of ether oxygens (including phenoxy) is 1. The lowest BCUT2D eigenvalue weighted by Crippen LogP contribution is -1.99. The van der Waals surface area contributed by atoms with Crippen LogP contribution in [0.4, 0.5) is 10.1 Å². The molecule has 0 amide bonds. The fourth-order valence-corrected chi connectivity index (χ4v) is 1.72. The Hall–Kier alpha value is -3.03. The first kappa shape index (κ1) is 13.9. The predicted molar refractivity (Wildman–Crippen MR) is 75.6 cm³/mol. The molecule has 3 aromatic rings. The molecule has 0 radical (unpaired) electrons. The number of hydrogen-bond acceptors (Lipinski definition) is 7. The van der Waals surface area contributed by atoms with Crippen molar-refractivity contribution in [3.63, 3.8) is 0 Å². The van der Waals surface area contributed by atoms with Crippen LogP contribution in [0.5, 0.6) is 5.88 Å². The summed E-state index contributed by atoms with van der Waals surface area (Å²) in [5.74, 6) is 0.771. The van der Waals surface area contributed by atoms with Crippen LogP contribution in [0.25, 0.3) is 11.6 Å². The molecular formula is C14H12FN5O2. The highest BCUT2D eigenvalue weighted by Crippen LogP contribution is 2.17. The van der Waals surface area contributed by atoms with Crippen molar-refractivity contribution in [2.75, 3.05) is 12.4 Å². The molecule has 0 aliphatic carbocycles. The van der Waals surface area contributed by atoms with Crippen LogP contribution in [0.2, 0.25) is 0 Å². The second-order valence-corrected chi connectivity index (χ2v) is 4.32. The van der Waals surface area contributed by atoms with E-state index in [9.17, 15) is 4.39 Å². The molecule has 0 saturated carbocycles. The highest BCUT2D eigenvalue weighted by atomic mass is 19.1. The lowest BCUT2D eigenvalue weighted by Gasteiger charge is -2.02. The number of halogens is 1. The molecule has 0 aliphatic rings. The highest BCUT2D eigenvalue weighted by molar-refractivity contribution is 5.46. The van der Waals surface area contributed by atoms with Crippen LogP contribution < -0.4 is 10.1 Å². The van der Waals surface area contributed by atoms with Gasteiger partial charge < -0.3 is 14.5 Å². The maximum Gasteiger partial charge on any atom is 0.268 e. The van der Waals surface area contributed by atoms with E-state index in [4.69, 9.17) is 9.15 Å². The molecule has 1 N–H and O–H groups in total. The maximum atomic E-state index is 12.8. The van der Waals surface area contributed by atoms with Crippen molar-refractivity contribution in [1.82, 2.24) is 20.4 Å². The summed E-state index contributed by atoms with van der Waals surface area (Å²) in [6, 6.07) is 9.33. The van der Waals surface area contributed by atoms with Crippen molar-refractivity contribution in [1.29, 1.82) is 0 Å². The second-order valence-electron chi connectivity index (χ2n) is 4.32. The van der Waals surface area contributed by atoms with E-state index in [2.05, 4.69) is 25.7 Å². The normalized spacial score (nSPS) is 10.5. The summed E-state index contributed by atoms with van der Waals surface area (Å²) in [5.41, 5.74) is 1.21. The quantitative estimate of drug-likeness (QED) is 0.773. The Bertz CT molecular complexity index is 743. The van der Waals surface area contributed by atoms with Crippen LogP contribution in [0.15, 0.2) is 40.8 Å². The van der Waals surface area contributed by atoms with Gasteiger partial charge in [-0.1, -0.05) is 0 Å². The summed E-state index contributed by atoms with van der Waals surface area (Å²) in [5, 5.41) is 18.6. The van der Waals surface area contributed by atoms with Gasteiger partial charge in [0.05, 0.1) is 13.7 Å². The minimum atomic E-state index is -0.288. The zero-order chi connectivity index (χ0) is 15.4. The maximum absolute atomic E-state index is 12.8. The van der Waals surface area contributed by atoms with Crippen LogP contribution in [0.3, 0.4) is 0 Å². The third-order valence-electron chi connectivity index (χ3n) is 2.82. The van der Waals surface area contributed by atoms with E-state index in [1.807, 2.05) is 0 Å². The molecule has 0 bridgehead atoms. The third kappa shape index (κ3) is 3.17. The van der Waals surface area contributed by atoms with E-state index in [0.717, 1.165) is 5.69 Å². The summed E-state index contributed by atoms with van der Waals surface area (Å²) in [6.45, 7) is 0.322. The van der Waals surface area contributed by atoms with Gasteiger partial charge >= 0.3 is 0 Å². The first-order valence-corrected chi connectivity index (χ1v) is 6.44. The Labute approximate surface area is 125 Å². The molecule has 7 nitrogen and oxygen atoms in total. The molecule has 0 fully saturated rings. The van der Waals surface area contributed by atoms with Crippen molar-refractivity contribution in [2.24, 2.45) is 0 Å². The smallest absolute Gasteiger partial charge is 0.268 e. The number of nitrogens with zero attached hydrogens (tertiary/aromatic N) is 4. The number of rotatable bonds is 5. The number of anilines is 1. The van der Waals surface area contributed by atoms with Crippen LogP contribution in [0, 0.1) is 5.82 Å². The molecule has 3 rings (SSSR count). The minimum absolute atomic E-state index is 0.269. The molecule has 1 aromatic carbocycles. The molecule has 0 aliphatic heterocycles. The van der Waals surface area contributed by atoms with E-state index < -0.39 is 0 Å². The van der Waals surface area contributed by atoms with Crippen LogP contribution in [0.1, 0.15) is 5.89 Å². The van der Waals surface area contributed by atoms with Crippen molar-refractivity contribution in [2.45, 2.75) is 6.54 Å². The fraction of sp³-hybridized carbons (Fsp3) is 0.143. The van der Waals surface area contributed by atoms with Gasteiger partial charge in [-0.15, -0.1) is 20.4 Å². The SMILES string of the molecule is COc1ccc(-c2nnc(CNc3ccc(F)cc3)o2)nn1. The van der Waals surface area contributed by atoms with Gasteiger partial charge in [-0.25, -0.2) is 4.39 Å². The van der Waals surface area contributed by atoms with Gasteiger partial charge in [-0.05, 0) is 30.3 Å². The van der Waals surface area contributed by atoms with E-state index in [-0.39, 0.29) is 11.7 Å². The van der Waals surface area contributed by atoms with Gasteiger partial charge in [-0.3, -0.25) is 0 Å². The molecule has 8 heteroatoms. The molecule has 2 aromatic heterocycles. The van der Waals surface area contributed by atoms with Gasteiger partial charge in [0.1, 0.15) is 5.82 Å². The van der Waals surface area contributed by atoms with Crippen molar-refractivity contribution in [3.05, 3.63) is 48.1 Å². The topological polar surface area (TPSA) is 86.0 Å². The van der Waals surface area contributed by atoms with Crippen LogP contribution >= 0.6 is 0 Å². The highest BCUT2D eigenvalue weighted by Gasteiger charge is 2.10. The first-order chi connectivity index (χ1) is 10.7. The number of aromatic nitrogens is 4. The fourth-order valence-electron chi connectivity index (χ4n) is 1.72. The van der Waals surface area contributed by atoms with Gasteiger partial charge in [0.2, 0.25) is 11.8 Å². The number of nitrogens with one attached hydrogen (secondary N) is 1. The average molecular weight is 301 g/mol. The van der Waals surface area contributed by atoms with E-state index in [1.54, 1.807) is 24.3 Å². The summed E-state index contributed by atoms with van der Waals surface area (Å²) in [7, 11) is 1.51. The molecule has 0 atom stereocenters. The summed E-state index contributed by atoms with van der Waals surface area (Å²) >= 11 is 0. The van der Waals surface area contributed by atoms with Crippen molar-refractivity contribution in [3.8, 4) is 17.5 Å². The lowest BCUT2D eigenvalue weighted by atomic mass is 10.3. The molecule has 0 unspecified atom stereocenters. The molecule has 22 heavy (non-hydrogen) atoms. The molecule has 0 spiro atoms. The van der Waals surface area contributed by atoms with Gasteiger partial charge in [0.25, 0.3) is 5.89 Å². The number of benzene rings is 1. The Morgan fingerprint density at radius 2 is 1.86 bits per heavy atom. The van der Waals surface area contributed by atoms with Crippen molar-refractivity contribution < 1.29 is 13.5 Å². The van der Waals surface area contributed by atoms with E-state index in [1.165, 1.54) is 19.2 Å². The summed E-state index contributed by atoms with van der Waals surface area (Å²) in [6.07, 6.45) is 0. The third-order valence-corrected chi connectivity index (χ3v) is 2.82. The van der Waals surface area contributed by atoms with Crippen LogP contribution in [-0.2, 0) is 6.54 Å². The molecule has 2 heterocycles. The minimum Gasteiger partial charge on any atom is -0.480 e. The zero-order valence-corrected chi connectivity index (χ0v) is 11.7. The Morgan fingerprint density at radius 3 is 2.55 bits per heavy atom. The van der Waals surface area contributed by atoms with Crippen molar-refractivity contribution >= 4 is 5.69 Å². The molecular weight excluding hydrogens is 289 g/mol. The largest absolute Gasteiger partial charge is 0.480 e. The first-order valence-electron chi connectivity index (χ1n) is 6.44. The Morgan fingerprint density at radius 1 is 1.05 bits per heavy atom. The second kappa shape index (κ2) is 6.17. The van der Waals surface area contributed by atoms with E-state index in [0.29, 0.717) is 24.0 Å². The zero-order valence-electron chi connectivity index (χ0n) is 11.7. The summed E-state index contributed by atoms with van der Waals surface area (Å²) < 4.78 is 23.2. The number of methoxy groups -OCH3 is 1. The average Bonchev–Trinajstić information content (AvgIpc) is 3.03. The Balaban J connectivity index is 1.66. The number of hydrogen-bond donors (Lipinski definition) is 1. The predicted octanol–water partition coefficient (Wildman–Crippen LogP) is 2.29. The van der Waals surface area contributed by atoms with Gasteiger partial charge in [0, 0.05) is 11.8 Å². The van der Waals surface area contributed by atoms with Gasteiger partial charge in [0.15, 0.2) is 5.69 Å². The molecule has 112 valence electrons. The monoisotopic (exact) mass is 301 g/mol. The Kier molecular flexibility index (Phi) is 3.90.